The molecule has 1 heterocycles. The van der Waals surface area contributed by atoms with E-state index in [1.54, 1.807) is 0 Å². The van der Waals surface area contributed by atoms with Crippen LogP contribution in [-0.2, 0) is 0 Å². The predicted octanol–water partition coefficient (Wildman–Crippen LogP) is -0.392. The molecule has 0 saturated carbocycles. The average molecular weight is 207 g/mol. The van der Waals surface area contributed by atoms with Gasteiger partial charge in [0.2, 0.25) is 0 Å². The van der Waals surface area contributed by atoms with Gasteiger partial charge < -0.3 is 14.9 Å². The smallest absolute Gasteiger partial charge is 0.423 e. The second kappa shape index (κ2) is 4.98. The van der Waals surface area contributed by atoms with Gasteiger partial charge in [-0.3, -0.25) is 0 Å². The molecule has 0 saturated heterocycles. The standard InChI is InChI=1S/C9H15BN2O2/c1-3-12(4-2)9-7-8(10(13)14)5-6-11-9/h5-7,13-14H,3-4H2,1-2H3/i1D3,2D3,3D2,4D2,5D,6D,7D. The molecule has 4 nitrogen and oxygen atoms in total. The van der Waals surface area contributed by atoms with Crippen molar-refractivity contribution >= 4 is 18.4 Å². The van der Waals surface area contributed by atoms with Crippen LogP contribution in [0.4, 0.5) is 5.82 Å². The Morgan fingerprint density at radius 3 is 2.93 bits per heavy atom. The van der Waals surface area contributed by atoms with Crippen molar-refractivity contribution in [2.45, 2.75) is 13.7 Å². The highest BCUT2D eigenvalue weighted by Crippen LogP contribution is 2.06. The number of anilines is 1. The Balaban J connectivity index is 4.00. The van der Waals surface area contributed by atoms with E-state index in [0.29, 0.717) is 0 Å². The van der Waals surface area contributed by atoms with Crippen LogP contribution in [0.5, 0.6) is 0 Å². The van der Waals surface area contributed by atoms with Crippen molar-refractivity contribution in [1.82, 2.24) is 4.98 Å². The highest BCUT2D eigenvalue weighted by atomic mass is 16.4. The van der Waals surface area contributed by atoms with Gasteiger partial charge in [-0.05, 0) is 31.3 Å². The van der Waals surface area contributed by atoms with Gasteiger partial charge in [0.05, 0.1) is 4.11 Å². The van der Waals surface area contributed by atoms with Crippen molar-refractivity contribution in [3.05, 3.63) is 18.3 Å². The zero-order chi connectivity index (χ0) is 21.7. The molecule has 1 aromatic heterocycles. The van der Waals surface area contributed by atoms with Gasteiger partial charge >= 0.3 is 7.12 Å². The van der Waals surface area contributed by atoms with Crippen LogP contribution in [0.1, 0.15) is 31.5 Å². The lowest BCUT2D eigenvalue weighted by molar-refractivity contribution is 0.425. The molecule has 2 N–H and O–H groups in total. The van der Waals surface area contributed by atoms with Crippen molar-refractivity contribution in [2.75, 3.05) is 17.9 Å². The van der Waals surface area contributed by atoms with Crippen LogP contribution < -0.4 is 10.4 Å². The second-order valence-corrected chi connectivity index (χ2v) is 2.14. The maximum atomic E-state index is 9.32. The maximum absolute atomic E-state index is 9.32. The van der Waals surface area contributed by atoms with Crippen molar-refractivity contribution in [3.63, 3.8) is 0 Å². The van der Waals surface area contributed by atoms with Gasteiger partial charge in [-0.2, -0.15) is 0 Å². The van der Waals surface area contributed by atoms with E-state index in [2.05, 4.69) is 4.98 Å². The van der Waals surface area contributed by atoms with Crippen LogP contribution >= 0.6 is 0 Å². The van der Waals surface area contributed by atoms with Crippen molar-refractivity contribution < 1.29 is 27.9 Å². The molecule has 0 aliphatic rings. The minimum absolute atomic E-state index is 0.439. The summed E-state index contributed by atoms with van der Waals surface area (Å²) < 4.78 is 97.9. The van der Waals surface area contributed by atoms with E-state index < -0.39 is 68.3 Å². The van der Waals surface area contributed by atoms with E-state index in [9.17, 15) is 10.0 Å². The molecule has 1 rings (SSSR count). The fraction of sp³-hybridized carbons (Fsp3) is 0.444. The normalized spacial score (nSPS) is 27.4. The SMILES string of the molecule is [2H]c1nc(N(C([2H])([2H])C([2H])([2H])[2H])C([2H])([2H])C([2H])([2H])[2H])c([2H])c(B(O)O)c1[2H]. The van der Waals surface area contributed by atoms with Gasteiger partial charge in [-0.15, -0.1) is 0 Å². The third-order valence-electron chi connectivity index (χ3n) is 1.29. The fourth-order valence-electron chi connectivity index (χ4n) is 0.690. The molecule has 0 spiro atoms. The molecule has 0 bridgehead atoms. The van der Waals surface area contributed by atoms with Crippen LogP contribution in [0.25, 0.3) is 0 Å². The lowest BCUT2D eigenvalue weighted by atomic mass is 9.81. The third kappa shape index (κ3) is 2.46. The Kier molecular flexibility index (Phi) is 0.974. The van der Waals surface area contributed by atoms with Crippen LogP contribution in [0.3, 0.4) is 0 Å². The second-order valence-electron chi connectivity index (χ2n) is 2.14. The zero-order valence-electron chi connectivity index (χ0n) is 19.9. The van der Waals surface area contributed by atoms with Crippen LogP contribution in [0, 0.1) is 0 Å². The molecule has 0 aliphatic carbocycles. The molecular formula is C9H15BN2O2. The minimum Gasteiger partial charge on any atom is -0.423 e. The molecule has 0 radical (unpaired) electrons. The van der Waals surface area contributed by atoms with Crippen molar-refractivity contribution in [3.8, 4) is 0 Å². The predicted molar refractivity (Wildman–Crippen MR) is 57.6 cm³/mol. The molecular weight excluding hydrogens is 179 g/mol. The van der Waals surface area contributed by atoms with E-state index in [1.165, 1.54) is 0 Å². The average Bonchev–Trinajstić information content (AvgIpc) is 2.41. The Morgan fingerprint density at radius 1 is 1.64 bits per heavy atom. The number of hydrogen-bond donors (Lipinski definition) is 2. The maximum Gasteiger partial charge on any atom is 0.488 e. The van der Waals surface area contributed by atoms with Crippen LogP contribution in [0.15, 0.2) is 18.3 Å². The first-order chi connectivity index (χ1) is 11.8. The van der Waals surface area contributed by atoms with E-state index in [-0.39, 0.29) is 0 Å². The first-order valence-corrected chi connectivity index (χ1v) is 3.42. The monoisotopic (exact) mass is 207 g/mol. The first-order valence-electron chi connectivity index (χ1n) is 9.92. The van der Waals surface area contributed by atoms with Crippen molar-refractivity contribution in [2.24, 2.45) is 0 Å². The largest absolute Gasteiger partial charge is 0.488 e. The summed E-state index contributed by atoms with van der Waals surface area (Å²) in [5.41, 5.74) is -0.988. The zero-order valence-corrected chi connectivity index (χ0v) is 6.87. The summed E-state index contributed by atoms with van der Waals surface area (Å²) >= 11 is 0. The van der Waals surface area contributed by atoms with Crippen LogP contribution in [-0.4, -0.2) is 35.1 Å². The Hall–Kier alpha value is -1.07. The number of aromatic nitrogens is 1. The molecule has 0 amide bonds. The molecule has 1 aromatic rings. The highest BCUT2D eigenvalue weighted by molar-refractivity contribution is 6.58. The van der Waals surface area contributed by atoms with Gasteiger partial charge in [0.1, 0.15) is 5.82 Å². The van der Waals surface area contributed by atoms with E-state index in [1.807, 2.05) is 0 Å². The van der Waals surface area contributed by atoms with E-state index >= 15 is 0 Å². The van der Waals surface area contributed by atoms with E-state index in [0.717, 1.165) is 0 Å². The van der Waals surface area contributed by atoms with Gasteiger partial charge in [0.25, 0.3) is 0 Å². The number of pyridine rings is 1. The summed E-state index contributed by atoms with van der Waals surface area (Å²) in [7, 11) is -2.53. The molecule has 0 aromatic carbocycles. The van der Waals surface area contributed by atoms with Gasteiger partial charge in [0, 0.05) is 32.9 Å². The summed E-state index contributed by atoms with van der Waals surface area (Å²) in [5, 5.41) is 18.6. The number of rotatable bonds is 4. The Bertz CT molecular complexity index is 691. The van der Waals surface area contributed by atoms with E-state index in [4.69, 9.17) is 17.8 Å². The van der Waals surface area contributed by atoms with Gasteiger partial charge in [0.15, 0.2) is 0 Å². The first kappa shape index (κ1) is 2.74. The summed E-state index contributed by atoms with van der Waals surface area (Å²) in [6, 6.07) is -2.16. The Labute approximate surface area is 103 Å². The molecule has 0 atom stereocenters. The lowest BCUT2D eigenvalue weighted by Gasteiger charge is -2.19. The number of hydrogen-bond acceptors (Lipinski definition) is 4. The summed E-state index contributed by atoms with van der Waals surface area (Å²) in [5.74, 6) is -1.28. The van der Waals surface area contributed by atoms with Gasteiger partial charge in [-0.1, -0.05) is 0 Å². The third-order valence-corrected chi connectivity index (χ3v) is 1.29. The minimum atomic E-state index is -3.73. The lowest BCUT2D eigenvalue weighted by Crippen LogP contribution is -2.32. The molecule has 0 fully saturated rings. The molecule has 14 heavy (non-hydrogen) atoms. The van der Waals surface area contributed by atoms with Gasteiger partial charge in [-0.25, -0.2) is 4.98 Å². The molecule has 0 aliphatic heterocycles. The molecule has 76 valence electrons. The summed E-state index contributed by atoms with van der Waals surface area (Å²) in [6.45, 7) is -14.7. The fourth-order valence-corrected chi connectivity index (χ4v) is 0.690. The van der Waals surface area contributed by atoms with Crippen molar-refractivity contribution in [1.29, 1.82) is 0 Å². The number of nitrogens with zero attached hydrogens (tertiary/aromatic N) is 2. The Morgan fingerprint density at radius 2 is 2.36 bits per heavy atom. The topological polar surface area (TPSA) is 56.6 Å². The molecule has 5 heteroatoms. The quantitative estimate of drug-likeness (QED) is 0.660. The molecule has 0 unspecified atom stereocenters. The summed E-state index contributed by atoms with van der Waals surface area (Å²) in [6.07, 6.45) is -1.07. The van der Waals surface area contributed by atoms with Crippen LogP contribution in [0.2, 0.25) is 0 Å². The highest BCUT2D eigenvalue weighted by Gasteiger charge is 2.12. The summed E-state index contributed by atoms with van der Waals surface area (Å²) in [4.78, 5) is 2.85.